The van der Waals surface area contributed by atoms with E-state index >= 15 is 0 Å². The summed E-state index contributed by atoms with van der Waals surface area (Å²) in [6.07, 6.45) is 6.32. The van der Waals surface area contributed by atoms with Crippen molar-refractivity contribution in [2.45, 2.75) is 89.9 Å². The first kappa shape index (κ1) is 27.5. The molecule has 1 rings (SSSR count). The molecule has 4 atom stereocenters. The Bertz CT molecular complexity index is 558. The molecule has 0 spiro atoms. The van der Waals surface area contributed by atoms with E-state index in [0.29, 0.717) is 13.0 Å². The first-order chi connectivity index (χ1) is 14.8. The summed E-state index contributed by atoms with van der Waals surface area (Å²) in [4.78, 5) is 39.5. The Balaban J connectivity index is 2.66. The zero-order valence-electron chi connectivity index (χ0n) is 19.5. The van der Waals surface area contributed by atoms with Crippen molar-refractivity contribution in [2.75, 3.05) is 32.7 Å². The van der Waals surface area contributed by atoms with E-state index in [0.717, 1.165) is 32.5 Å². The predicted octanol–water partition coefficient (Wildman–Crippen LogP) is -0.0911. The lowest BCUT2D eigenvalue weighted by Crippen LogP contribution is -2.62. The maximum Gasteiger partial charge on any atom is 0.245 e. The van der Waals surface area contributed by atoms with Crippen LogP contribution in [0.15, 0.2) is 0 Å². The summed E-state index contributed by atoms with van der Waals surface area (Å²) in [5.41, 5.74) is 5.51. The van der Waals surface area contributed by atoms with Crippen molar-refractivity contribution < 1.29 is 19.5 Å². The van der Waals surface area contributed by atoms with E-state index in [2.05, 4.69) is 27.8 Å². The molecule has 1 aliphatic heterocycles. The van der Waals surface area contributed by atoms with Gasteiger partial charge in [0.1, 0.15) is 12.1 Å². The molecule has 9 nitrogen and oxygen atoms in total. The van der Waals surface area contributed by atoms with Crippen LogP contribution in [0.25, 0.3) is 0 Å². The van der Waals surface area contributed by atoms with Crippen LogP contribution in [0.1, 0.15) is 65.7 Å². The second kappa shape index (κ2) is 15.3. The third kappa shape index (κ3) is 10.1. The number of hydrogen-bond acceptors (Lipinski definition) is 7. The van der Waals surface area contributed by atoms with Crippen LogP contribution in [0.2, 0.25) is 0 Å². The van der Waals surface area contributed by atoms with E-state index < -0.39 is 30.1 Å². The summed E-state index contributed by atoms with van der Waals surface area (Å²) in [7, 11) is 0. The number of piperazine rings is 1. The smallest absolute Gasteiger partial charge is 0.245 e. The molecule has 1 aliphatic rings. The number of nitrogens with zero attached hydrogens (tertiary/aromatic N) is 1. The lowest BCUT2D eigenvalue weighted by atomic mass is 10.1. The van der Waals surface area contributed by atoms with Crippen LogP contribution in [0, 0.1) is 0 Å². The van der Waals surface area contributed by atoms with Gasteiger partial charge in [-0.3, -0.25) is 19.3 Å². The van der Waals surface area contributed by atoms with Crippen molar-refractivity contribution in [3.8, 4) is 0 Å². The molecule has 0 unspecified atom stereocenters. The second-order valence-corrected chi connectivity index (χ2v) is 8.50. The highest BCUT2D eigenvalue weighted by Gasteiger charge is 2.33. The molecule has 0 aromatic carbocycles. The Labute approximate surface area is 186 Å². The van der Waals surface area contributed by atoms with Crippen LogP contribution in [-0.4, -0.2) is 84.6 Å². The Hall–Kier alpha value is -1.55. The molecule has 0 aliphatic carbocycles. The van der Waals surface area contributed by atoms with E-state index in [4.69, 9.17) is 5.73 Å². The SMILES string of the molecule is CCCCCCCCN1CCNC[C@H]1C(=O)N[C@H](C(=O)N[C@@H](CCN)C(C)=O)[C@H](C)O. The quantitative estimate of drug-likeness (QED) is 0.224. The standard InChI is InChI=1S/C22H43N5O4/c1-4-5-6-7-8-9-13-27-14-12-24-15-19(27)21(30)26-20(17(3)29)22(31)25-18(10-11-23)16(2)28/h17-20,24,29H,4-15,23H2,1-3H3,(H,25,31)(H,26,30)/t17-,18-,19-,20-/m0/s1. The lowest BCUT2D eigenvalue weighted by molar-refractivity contribution is -0.136. The molecule has 2 amide bonds. The summed E-state index contributed by atoms with van der Waals surface area (Å²) >= 11 is 0. The number of aliphatic hydroxyl groups is 1. The zero-order valence-corrected chi connectivity index (χ0v) is 19.5. The number of unbranched alkanes of at least 4 members (excludes halogenated alkanes) is 5. The number of nitrogens with one attached hydrogen (secondary N) is 3. The summed E-state index contributed by atoms with van der Waals surface area (Å²) in [5.74, 6) is -1.09. The summed E-state index contributed by atoms with van der Waals surface area (Å²) in [5, 5.41) is 18.6. The summed E-state index contributed by atoms with van der Waals surface area (Å²) in [6.45, 7) is 8.19. The highest BCUT2D eigenvalue weighted by Crippen LogP contribution is 2.10. The van der Waals surface area contributed by atoms with E-state index in [-0.39, 0.29) is 18.2 Å². The van der Waals surface area contributed by atoms with Gasteiger partial charge in [0.15, 0.2) is 5.78 Å². The topological polar surface area (TPSA) is 137 Å². The summed E-state index contributed by atoms with van der Waals surface area (Å²) < 4.78 is 0. The van der Waals surface area contributed by atoms with Crippen molar-refractivity contribution >= 4 is 17.6 Å². The number of amides is 2. The van der Waals surface area contributed by atoms with Gasteiger partial charge >= 0.3 is 0 Å². The number of Topliss-reactive ketones (excluding diaryl/α,β-unsaturated/α-hetero) is 1. The number of rotatable bonds is 15. The van der Waals surface area contributed by atoms with Crippen molar-refractivity contribution in [2.24, 2.45) is 5.73 Å². The van der Waals surface area contributed by atoms with E-state index in [1.165, 1.54) is 39.5 Å². The van der Waals surface area contributed by atoms with Gasteiger partial charge in [-0.05, 0) is 39.8 Å². The average molecular weight is 442 g/mol. The Morgan fingerprint density at radius 3 is 2.45 bits per heavy atom. The molecule has 0 aromatic heterocycles. The zero-order chi connectivity index (χ0) is 23.2. The number of nitrogens with two attached hydrogens (primary N) is 1. The lowest BCUT2D eigenvalue weighted by Gasteiger charge is -2.36. The Morgan fingerprint density at radius 2 is 1.84 bits per heavy atom. The molecule has 0 saturated carbocycles. The molecule has 1 heterocycles. The van der Waals surface area contributed by atoms with Crippen LogP contribution >= 0.6 is 0 Å². The fraction of sp³-hybridized carbons (Fsp3) is 0.864. The minimum atomic E-state index is -1.13. The van der Waals surface area contributed by atoms with E-state index in [1.54, 1.807) is 0 Å². The third-order valence-electron chi connectivity index (χ3n) is 5.78. The van der Waals surface area contributed by atoms with Gasteiger partial charge in [0.05, 0.1) is 12.1 Å². The minimum Gasteiger partial charge on any atom is -0.391 e. The van der Waals surface area contributed by atoms with Crippen molar-refractivity contribution in [3.05, 3.63) is 0 Å². The first-order valence-electron chi connectivity index (χ1n) is 11.8. The largest absolute Gasteiger partial charge is 0.391 e. The molecule has 9 heteroatoms. The van der Waals surface area contributed by atoms with Gasteiger partial charge in [0, 0.05) is 19.6 Å². The van der Waals surface area contributed by atoms with Gasteiger partial charge in [0.25, 0.3) is 0 Å². The number of hydrogen-bond donors (Lipinski definition) is 5. The normalized spacial score (nSPS) is 20.0. The van der Waals surface area contributed by atoms with Crippen LogP contribution in [-0.2, 0) is 14.4 Å². The molecule has 0 radical (unpaired) electrons. The highest BCUT2D eigenvalue weighted by atomic mass is 16.3. The molecule has 1 fully saturated rings. The minimum absolute atomic E-state index is 0.212. The number of carbonyl (C=O) groups excluding carboxylic acids is 3. The molecule has 0 bridgehead atoms. The Morgan fingerprint density at radius 1 is 1.16 bits per heavy atom. The molecule has 6 N–H and O–H groups in total. The van der Waals surface area contributed by atoms with Gasteiger partial charge in [-0.15, -0.1) is 0 Å². The van der Waals surface area contributed by atoms with Crippen LogP contribution in [0.4, 0.5) is 0 Å². The molecule has 0 aromatic rings. The van der Waals surface area contributed by atoms with Gasteiger partial charge in [0.2, 0.25) is 11.8 Å². The maximum absolute atomic E-state index is 13.0. The van der Waals surface area contributed by atoms with Gasteiger partial charge in [-0.25, -0.2) is 0 Å². The van der Waals surface area contributed by atoms with Crippen molar-refractivity contribution in [1.29, 1.82) is 0 Å². The third-order valence-corrected chi connectivity index (χ3v) is 5.78. The number of carbonyl (C=O) groups is 3. The first-order valence-corrected chi connectivity index (χ1v) is 11.8. The fourth-order valence-corrected chi connectivity index (χ4v) is 3.83. The summed E-state index contributed by atoms with van der Waals surface area (Å²) in [6, 6.07) is -2.26. The Kier molecular flexibility index (Phi) is 13.6. The molecular weight excluding hydrogens is 398 g/mol. The molecule has 31 heavy (non-hydrogen) atoms. The molecule has 1 saturated heterocycles. The van der Waals surface area contributed by atoms with E-state index in [1.807, 2.05) is 0 Å². The number of aliphatic hydroxyl groups excluding tert-OH is 1. The van der Waals surface area contributed by atoms with Gasteiger partial charge in [-0.1, -0.05) is 39.0 Å². The average Bonchev–Trinajstić information content (AvgIpc) is 2.73. The van der Waals surface area contributed by atoms with Crippen LogP contribution < -0.4 is 21.7 Å². The second-order valence-electron chi connectivity index (χ2n) is 8.50. The molecule has 180 valence electrons. The van der Waals surface area contributed by atoms with Gasteiger partial charge in [-0.2, -0.15) is 0 Å². The predicted molar refractivity (Wildman–Crippen MR) is 122 cm³/mol. The van der Waals surface area contributed by atoms with Crippen LogP contribution in [0.3, 0.4) is 0 Å². The maximum atomic E-state index is 13.0. The number of ketones is 1. The highest BCUT2D eigenvalue weighted by molar-refractivity contribution is 5.93. The van der Waals surface area contributed by atoms with Gasteiger partial charge < -0.3 is 26.8 Å². The van der Waals surface area contributed by atoms with Crippen molar-refractivity contribution in [1.82, 2.24) is 20.9 Å². The monoisotopic (exact) mass is 441 g/mol. The van der Waals surface area contributed by atoms with Crippen LogP contribution in [0.5, 0.6) is 0 Å². The molecular formula is C22H43N5O4. The van der Waals surface area contributed by atoms with E-state index in [9.17, 15) is 19.5 Å². The van der Waals surface area contributed by atoms with Crippen molar-refractivity contribution in [3.63, 3.8) is 0 Å². The fourth-order valence-electron chi connectivity index (χ4n) is 3.83.